The molecule has 1 aliphatic carbocycles. The summed E-state index contributed by atoms with van der Waals surface area (Å²) in [5.41, 5.74) is 0. The van der Waals surface area contributed by atoms with E-state index in [1.54, 1.807) is 0 Å². The molecular formula is C13H26N2O2. The van der Waals surface area contributed by atoms with Crippen LogP contribution in [0, 0.1) is 11.8 Å². The van der Waals surface area contributed by atoms with Crippen molar-refractivity contribution in [2.24, 2.45) is 11.8 Å². The second kappa shape index (κ2) is 7.67. The van der Waals surface area contributed by atoms with Crippen molar-refractivity contribution in [3.05, 3.63) is 0 Å². The Morgan fingerprint density at radius 2 is 2.18 bits per heavy atom. The molecule has 1 rings (SSSR count). The molecular weight excluding hydrogens is 216 g/mol. The SMILES string of the molecule is CC(C)CNC(=O)CNCC1CCCC(O)C1. The van der Waals surface area contributed by atoms with Crippen molar-refractivity contribution >= 4 is 5.91 Å². The summed E-state index contributed by atoms with van der Waals surface area (Å²) in [4.78, 5) is 11.4. The van der Waals surface area contributed by atoms with E-state index < -0.39 is 0 Å². The van der Waals surface area contributed by atoms with Crippen LogP contribution in [0.15, 0.2) is 0 Å². The molecule has 1 amide bonds. The predicted octanol–water partition coefficient (Wildman–Crippen LogP) is 0.899. The molecule has 0 aliphatic heterocycles. The Morgan fingerprint density at radius 3 is 2.82 bits per heavy atom. The monoisotopic (exact) mass is 242 g/mol. The van der Waals surface area contributed by atoms with E-state index in [1.807, 2.05) is 0 Å². The summed E-state index contributed by atoms with van der Waals surface area (Å²) in [6.45, 7) is 6.13. The number of rotatable bonds is 6. The molecule has 4 nitrogen and oxygen atoms in total. The average molecular weight is 242 g/mol. The van der Waals surface area contributed by atoms with Crippen LogP contribution in [0.5, 0.6) is 0 Å². The van der Waals surface area contributed by atoms with Gasteiger partial charge in [-0.15, -0.1) is 0 Å². The number of carbonyl (C=O) groups excluding carboxylic acids is 1. The summed E-state index contributed by atoms with van der Waals surface area (Å²) in [7, 11) is 0. The summed E-state index contributed by atoms with van der Waals surface area (Å²) in [6, 6.07) is 0. The van der Waals surface area contributed by atoms with Crippen LogP contribution in [0.1, 0.15) is 39.5 Å². The summed E-state index contributed by atoms with van der Waals surface area (Å²) >= 11 is 0. The molecule has 0 aromatic rings. The van der Waals surface area contributed by atoms with E-state index in [9.17, 15) is 9.90 Å². The van der Waals surface area contributed by atoms with Gasteiger partial charge in [-0.25, -0.2) is 0 Å². The third kappa shape index (κ3) is 6.64. The Hall–Kier alpha value is -0.610. The van der Waals surface area contributed by atoms with Crippen molar-refractivity contribution in [3.8, 4) is 0 Å². The van der Waals surface area contributed by atoms with E-state index in [2.05, 4.69) is 24.5 Å². The van der Waals surface area contributed by atoms with Crippen LogP contribution in [-0.2, 0) is 4.79 Å². The molecule has 0 heterocycles. The number of carbonyl (C=O) groups is 1. The molecule has 3 N–H and O–H groups in total. The summed E-state index contributed by atoms with van der Waals surface area (Å²) < 4.78 is 0. The van der Waals surface area contributed by atoms with Crippen LogP contribution >= 0.6 is 0 Å². The molecule has 0 saturated heterocycles. The molecule has 0 spiro atoms. The lowest BCUT2D eigenvalue weighted by molar-refractivity contribution is -0.120. The highest BCUT2D eigenvalue weighted by atomic mass is 16.3. The first-order valence-corrected chi connectivity index (χ1v) is 6.73. The van der Waals surface area contributed by atoms with Gasteiger partial charge in [-0.1, -0.05) is 20.3 Å². The molecule has 0 bridgehead atoms. The highest BCUT2D eigenvalue weighted by Crippen LogP contribution is 2.23. The van der Waals surface area contributed by atoms with E-state index in [1.165, 1.54) is 0 Å². The Kier molecular flexibility index (Phi) is 6.52. The van der Waals surface area contributed by atoms with Gasteiger partial charge in [0.25, 0.3) is 0 Å². The van der Waals surface area contributed by atoms with Crippen molar-refractivity contribution in [1.82, 2.24) is 10.6 Å². The van der Waals surface area contributed by atoms with Crippen molar-refractivity contribution in [2.45, 2.75) is 45.6 Å². The minimum absolute atomic E-state index is 0.0649. The molecule has 0 aromatic carbocycles. The standard InChI is InChI=1S/C13H26N2O2/c1-10(2)7-15-13(17)9-14-8-11-4-3-5-12(16)6-11/h10-12,14,16H,3-9H2,1-2H3,(H,15,17). The maximum Gasteiger partial charge on any atom is 0.233 e. The van der Waals surface area contributed by atoms with Gasteiger partial charge in [0, 0.05) is 6.54 Å². The van der Waals surface area contributed by atoms with Crippen LogP contribution in [-0.4, -0.2) is 36.8 Å². The zero-order valence-corrected chi connectivity index (χ0v) is 11.0. The maximum absolute atomic E-state index is 11.4. The zero-order valence-electron chi connectivity index (χ0n) is 11.0. The predicted molar refractivity (Wildman–Crippen MR) is 68.7 cm³/mol. The first-order valence-electron chi connectivity index (χ1n) is 6.73. The minimum Gasteiger partial charge on any atom is -0.393 e. The van der Waals surface area contributed by atoms with Gasteiger partial charge in [0.15, 0.2) is 0 Å². The van der Waals surface area contributed by atoms with Crippen LogP contribution in [0.25, 0.3) is 0 Å². The molecule has 17 heavy (non-hydrogen) atoms. The topological polar surface area (TPSA) is 61.4 Å². The quantitative estimate of drug-likeness (QED) is 0.648. The number of amides is 1. The molecule has 0 radical (unpaired) electrons. The molecule has 1 fully saturated rings. The van der Waals surface area contributed by atoms with Crippen molar-refractivity contribution in [2.75, 3.05) is 19.6 Å². The molecule has 0 aromatic heterocycles. The molecule has 1 saturated carbocycles. The van der Waals surface area contributed by atoms with Gasteiger partial charge in [-0.3, -0.25) is 4.79 Å². The van der Waals surface area contributed by atoms with Gasteiger partial charge in [0.1, 0.15) is 0 Å². The highest BCUT2D eigenvalue weighted by molar-refractivity contribution is 5.77. The molecule has 2 atom stereocenters. The second-order valence-electron chi connectivity index (χ2n) is 5.52. The second-order valence-corrected chi connectivity index (χ2v) is 5.52. The number of hydrogen-bond donors (Lipinski definition) is 3. The third-order valence-corrected chi connectivity index (χ3v) is 3.18. The summed E-state index contributed by atoms with van der Waals surface area (Å²) in [6.07, 6.45) is 3.95. The van der Waals surface area contributed by atoms with Crippen LogP contribution in [0.3, 0.4) is 0 Å². The van der Waals surface area contributed by atoms with E-state index in [0.29, 0.717) is 18.4 Å². The minimum atomic E-state index is -0.134. The smallest absolute Gasteiger partial charge is 0.233 e. The van der Waals surface area contributed by atoms with Gasteiger partial charge in [-0.05, 0) is 37.6 Å². The van der Waals surface area contributed by atoms with Gasteiger partial charge >= 0.3 is 0 Å². The zero-order chi connectivity index (χ0) is 12.7. The van der Waals surface area contributed by atoms with Gasteiger partial charge in [0.05, 0.1) is 12.6 Å². The van der Waals surface area contributed by atoms with Crippen LogP contribution in [0.2, 0.25) is 0 Å². The summed E-state index contributed by atoms with van der Waals surface area (Å²) in [5, 5.41) is 15.6. The highest BCUT2D eigenvalue weighted by Gasteiger charge is 2.19. The normalized spacial score (nSPS) is 24.9. The lowest BCUT2D eigenvalue weighted by Crippen LogP contribution is -2.38. The fraction of sp³-hybridized carbons (Fsp3) is 0.923. The van der Waals surface area contributed by atoms with Crippen molar-refractivity contribution < 1.29 is 9.90 Å². The van der Waals surface area contributed by atoms with Gasteiger partial charge in [-0.2, -0.15) is 0 Å². The Labute approximate surface area is 104 Å². The van der Waals surface area contributed by atoms with E-state index in [0.717, 1.165) is 38.8 Å². The van der Waals surface area contributed by atoms with E-state index >= 15 is 0 Å². The fourth-order valence-electron chi connectivity index (χ4n) is 2.22. The summed E-state index contributed by atoms with van der Waals surface area (Å²) in [5.74, 6) is 1.08. The molecule has 2 unspecified atom stereocenters. The molecule has 1 aliphatic rings. The van der Waals surface area contributed by atoms with Gasteiger partial charge < -0.3 is 15.7 Å². The molecule has 100 valence electrons. The van der Waals surface area contributed by atoms with Gasteiger partial charge in [0.2, 0.25) is 5.91 Å². The largest absolute Gasteiger partial charge is 0.393 e. The number of hydrogen-bond acceptors (Lipinski definition) is 3. The van der Waals surface area contributed by atoms with E-state index in [4.69, 9.17) is 0 Å². The molecule has 4 heteroatoms. The Balaban J connectivity index is 2.04. The average Bonchev–Trinajstić information content (AvgIpc) is 2.26. The maximum atomic E-state index is 11.4. The van der Waals surface area contributed by atoms with Crippen LogP contribution in [0.4, 0.5) is 0 Å². The first-order chi connectivity index (χ1) is 8.08. The Morgan fingerprint density at radius 1 is 1.41 bits per heavy atom. The number of aliphatic hydroxyl groups excluding tert-OH is 1. The van der Waals surface area contributed by atoms with Crippen molar-refractivity contribution in [3.63, 3.8) is 0 Å². The van der Waals surface area contributed by atoms with Crippen molar-refractivity contribution in [1.29, 1.82) is 0 Å². The first kappa shape index (κ1) is 14.5. The lowest BCUT2D eigenvalue weighted by atomic mass is 9.87. The third-order valence-electron chi connectivity index (χ3n) is 3.18. The number of aliphatic hydroxyl groups is 1. The lowest BCUT2D eigenvalue weighted by Gasteiger charge is -2.25. The fourth-order valence-corrected chi connectivity index (χ4v) is 2.22. The number of nitrogens with one attached hydrogen (secondary N) is 2. The van der Waals surface area contributed by atoms with Crippen LogP contribution < -0.4 is 10.6 Å². The Bertz CT molecular complexity index is 231. The van der Waals surface area contributed by atoms with E-state index in [-0.39, 0.29) is 12.0 Å².